The molecule has 0 aliphatic carbocycles. The molecule has 4 N–H and O–H groups in total. The summed E-state index contributed by atoms with van der Waals surface area (Å²) in [5, 5.41) is 20.2. The van der Waals surface area contributed by atoms with Crippen LogP contribution in [0.3, 0.4) is 0 Å². The number of hydrogen-bond acceptors (Lipinski definition) is 10. The standard InChI is InChI=1S/C35H34Cl2FN9S/c1-35(2,3)46-11-9-23(10-12-46)47-18-30(44-45-47)33(24-5-4-6-29-34(24)48-19-41-29)43-22-13-25-31(42-21-7-8-28(38)26(36)14-21)20(16-39)17-40-32(25)27(37)15-22/h4-8,13-15,17-19,23,33,43-45H,9-12H2,1-3H3,(H,40,42)/t33-/m0/s1. The summed E-state index contributed by atoms with van der Waals surface area (Å²) in [6.07, 6.45) is 5.71. The summed E-state index contributed by atoms with van der Waals surface area (Å²) in [5.74, 6) is -0.530. The molecule has 4 heterocycles. The lowest BCUT2D eigenvalue weighted by Crippen LogP contribution is -2.52. The number of nitriles is 1. The minimum Gasteiger partial charge on any atom is -0.373 e. The first-order valence-electron chi connectivity index (χ1n) is 15.7. The molecule has 5 aromatic rings. The van der Waals surface area contributed by atoms with Crippen molar-refractivity contribution in [1.82, 2.24) is 30.8 Å². The number of nitrogens with zero attached hydrogens (tertiary/aromatic N) is 5. The maximum atomic E-state index is 13.9. The van der Waals surface area contributed by atoms with Crippen molar-refractivity contribution < 1.29 is 4.39 Å². The molecule has 0 radical (unpaired) electrons. The van der Waals surface area contributed by atoms with Crippen LogP contribution < -0.4 is 21.6 Å². The number of benzene rings is 3. The Balaban J connectivity index is 1.26. The lowest BCUT2D eigenvalue weighted by molar-refractivity contribution is 0.0570. The largest absolute Gasteiger partial charge is 0.373 e. The number of hydrogen-bond donors (Lipinski definition) is 4. The number of anilines is 3. The summed E-state index contributed by atoms with van der Waals surface area (Å²) >= 11 is 14.5. The molecule has 1 atom stereocenters. The van der Waals surface area contributed by atoms with Gasteiger partial charge in [-0.25, -0.2) is 9.37 Å². The number of piperidine rings is 1. The van der Waals surface area contributed by atoms with Gasteiger partial charge in [-0.3, -0.25) is 14.9 Å². The van der Waals surface area contributed by atoms with E-state index in [-0.39, 0.29) is 16.6 Å². The number of likely N-dealkylation sites (tertiary alicyclic amines) is 1. The number of thiazole rings is 1. The summed E-state index contributed by atoms with van der Waals surface area (Å²) in [4.78, 5) is 11.6. The maximum Gasteiger partial charge on any atom is 0.141 e. The molecule has 2 aliphatic rings. The van der Waals surface area contributed by atoms with Crippen molar-refractivity contribution in [1.29, 1.82) is 5.26 Å². The van der Waals surface area contributed by atoms with Gasteiger partial charge in [-0.05, 0) is 75.6 Å². The van der Waals surface area contributed by atoms with Crippen molar-refractivity contribution in [3.8, 4) is 6.07 Å². The third-order valence-electron chi connectivity index (χ3n) is 8.97. The van der Waals surface area contributed by atoms with Crippen LogP contribution in [0.15, 0.2) is 72.1 Å². The van der Waals surface area contributed by atoms with Crippen LogP contribution in [0, 0.1) is 17.1 Å². The summed E-state index contributed by atoms with van der Waals surface area (Å²) in [5.41, 5.74) is 14.3. The highest BCUT2D eigenvalue weighted by Crippen LogP contribution is 2.39. The molecule has 13 heteroatoms. The topological polar surface area (TPSA) is 104 Å². The Morgan fingerprint density at radius 2 is 1.85 bits per heavy atom. The van der Waals surface area contributed by atoms with Gasteiger partial charge in [0.1, 0.15) is 11.9 Å². The molecule has 1 saturated heterocycles. The second kappa shape index (κ2) is 13.0. The Kier molecular flexibility index (Phi) is 8.79. The molecule has 0 unspecified atom stereocenters. The molecule has 1 fully saturated rings. The highest BCUT2D eigenvalue weighted by atomic mass is 35.5. The van der Waals surface area contributed by atoms with Crippen molar-refractivity contribution in [3.05, 3.63) is 99.1 Å². The fraction of sp³-hybridized carbons (Fsp3) is 0.286. The maximum absolute atomic E-state index is 13.9. The van der Waals surface area contributed by atoms with E-state index in [1.165, 1.54) is 18.3 Å². The van der Waals surface area contributed by atoms with Gasteiger partial charge in [-0.1, -0.05) is 35.3 Å². The zero-order chi connectivity index (χ0) is 33.6. The van der Waals surface area contributed by atoms with E-state index in [4.69, 9.17) is 23.2 Å². The highest BCUT2D eigenvalue weighted by Gasteiger charge is 2.32. The van der Waals surface area contributed by atoms with Gasteiger partial charge in [-0.15, -0.1) is 16.9 Å². The predicted octanol–water partition coefficient (Wildman–Crippen LogP) is 8.49. The van der Waals surface area contributed by atoms with Crippen LogP contribution in [0.2, 0.25) is 10.0 Å². The van der Waals surface area contributed by atoms with Crippen LogP contribution in [-0.2, 0) is 0 Å². The van der Waals surface area contributed by atoms with E-state index in [9.17, 15) is 9.65 Å². The molecule has 7 rings (SSSR count). The minimum atomic E-state index is -0.530. The smallest absolute Gasteiger partial charge is 0.141 e. The number of halogens is 3. The van der Waals surface area contributed by atoms with E-state index in [0.29, 0.717) is 38.9 Å². The molecule has 0 amide bonds. The van der Waals surface area contributed by atoms with E-state index in [2.05, 4.69) is 80.6 Å². The summed E-state index contributed by atoms with van der Waals surface area (Å²) in [7, 11) is 0. The average Bonchev–Trinajstić information content (AvgIpc) is 3.76. The summed E-state index contributed by atoms with van der Waals surface area (Å²) < 4.78 is 15.0. The van der Waals surface area contributed by atoms with Gasteiger partial charge in [0.2, 0.25) is 0 Å². The Hall–Kier alpha value is -4.18. The first-order valence-corrected chi connectivity index (χ1v) is 17.3. The quantitative estimate of drug-likeness (QED) is 0.133. The van der Waals surface area contributed by atoms with Crippen LogP contribution in [0.1, 0.15) is 50.8 Å². The molecular formula is C35H34Cl2FN9S. The monoisotopic (exact) mass is 701 g/mol. The fourth-order valence-corrected chi connectivity index (χ4v) is 7.69. The number of aromatic nitrogens is 2. The number of rotatable bonds is 7. The molecule has 2 aromatic heterocycles. The lowest BCUT2D eigenvalue weighted by atomic mass is 9.97. The third-order valence-corrected chi connectivity index (χ3v) is 10.4. The predicted molar refractivity (Wildman–Crippen MR) is 193 cm³/mol. The van der Waals surface area contributed by atoms with E-state index in [0.717, 1.165) is 53.1 Å². The van der Waals surface area contributed by atoms with Crippen molar-refractivity contribution in [2.24, 2.45) is 0 Å². The second-order valence-electron chi connectivity index (χ2n) is 13.0. The Morgan fingerprint density at radius 3 is 2.60 bits per heavy atom. The van der Waals surface area contributed by atoms with Crippen LogP contribution >= 0.6 is 34.5 Å². The van der Waals surface area contributed by atoms with Crippen LogP contribution in [0.25, 0.3) is 21.1 Å². The average molecular weight is 703 g/mol. The van der Waals surface area contributed by atoms with E-state index < -0.39 is 5.82 Å². The van der Waals surface area contributed by atoms with Crippen molar-refractivity contribution in [2.75, 3.05) is 23.7 Å². The Labute approximate surface area is 292 Å². The molecule has 246 valence electrons. The molecule has 0 bridgehead atoms. The minimum absolute atomic E-state index is 0.0305. The molecule has 9 nitrogen and oxygen atoms in total. The lowest BCUT2D eigenvalue weighted by Gasteiger charge is -2.42. The first-order chi connectivity index (χ1) is 23.1. The number of fused-ring (bicyclic) bond motifs is 2. The van der Waals surface area contributed by atoms with Gasteiger partial charge in [-0.2, -0.15) is 5.26 Å². The summed E-state index contributed by atoms with van der Waals surface area (Å²) in [6, 6.07) is 16.4. The molecule has 48 heavy (non-hydrogen) atoms. The number of hydrazine groups is 2. The highest BCUT2D eigenvalue weighted by molar-refractivity contribution is 7.17. The Bertz CT molecular complexity index is 2080. The van der Waals surface area contributed by atoms with Gasteiger partial charge in [0.05, 0.1) is 54.3 Å². The molecule has 2 aliphatic heterocycles. The fourth-order valence-electron chi connectivity index (χ4n) is 6.41. The van der Waals surface area contributed by atoms with Crippen LogP contribution in [0.4, 0.5) is 21.5 Å². The van der Waals surface area contributed by atoms with Crippen molar-refractivity contribution in [2.45, 2.75) is 51.2 Å². The summed E-state index contributed by atoms with van der Waals surface area (Å²) in [6.45, 7) is 8.87. The molecule has 0 saturated carbocycles. The SMILES string of the molecule is CC(C)(C)N1CCC(N2C=C([C@@H](Nc3cc(Cl)c4ncc(C#N)c(Nc5ccc(F)c(Cl)c5)c4c3)c3cccc4ncsc34)NN2)CC1. The Morgan fingerprint density at radius 1 is 1.06 bits per heavy atom. The van der Waals surface area contributed by atoms with E-state index in [1.54, 1.807) is 17.4 Å². The van der Waals surface area contributed by atoms with Gasteiger partial charge < -0.3 is 16.1 Å². The van der Waals surface area contributed by atoms with Crippen LogP contribution in [-0.4, -0.2) is 44.5 Å². The zero-order valence-electron chi connectivity index (χ0n) is 26.6. The van der Waals surface area contributed by atoms with Crippen molar-refractivity contribution >= 4 is 72.7 Å². The van der Waals surface area contributed by atoms with Gasteiger partial charge in [0, 0.05) is 53.8 Å². The third kappa shape index (κ3) is 6.34. The van der Waals surface area contributed by atoms with Gasteiger partial charge >= 0.3 is 0 Å². The van der Waals surface area contributed by atoms with E-state index >= 15 is 0 Å². The normalized spacial score (nSPS) is 16.5. The van der Waals surface area contributed by atoms with Gasteiger partial charge in [0.15, 0.2) is 0 Å². The number of pyridine rings is 1. The van der Waals surface area contributed by atoms with E-state index in [1.807, 2.05) is 29.8 Å². The zero-order valence-corrected chi connectivity index (χ0v) is 28.9. The van der Waals surface area contributed by atoms with Crippen molar-refractivity contribution in [3.63, 3.8) is 0 Å². The molecular weight excluding hydrogens is 668 g/mol. The van der Waals surface area contributed by atoms with Gasteiger partial charge in [0.25, 0.3) is 0 Å². The molecule has 3 aromatic carbocycles. The second-order valence-corrected chi connectivity index (χ2v) is 14.7. The molecule has 0 spiro atoms. The number of nitrogens with one attached hydrogen (secondary N) is 4. The first kappa shape index (κ1) is 32.4. The van der Waals surface area contributed by atoms with Crippen LogP contribution in [0.5, 0.6) is 0 Å².